The van der Waals surface area contributed by atoms with E-state index in [9.17, 15) is 4.79 Å². The highest BCUT2D eigenvalue weighted by Crippen LogP contribution is 2.30. The summed E-state index contributed by atoms with van der Waals surface area (Å²) in [7, 11) is 0. The lowest BCUT2D eigenvalue weighted by molar-refractivity contribution is -0.124. The average Bonchev–Trinajstić information content (AvgIpc) is 2.38. The summed E-state index contributed by atoms with van der Waals surface area (Å²) >= 11 is 0. The Balaban J connectivity index is 1.76. The van der Waals surface area contributed by atoms with Gasteiger partial charge >= 0.3 is 0 Å². The molecule has 0 heterocycles. The van der Waals surface area contributed by atoms with Gasteiger partial charge in [0, 0.05) is 11.4 Å². The van der Waals surface area contributed by atoms with Gasteiger partial charge in [0.25, 0.3) is 0 Å². The maximum absolute atomic E-state index is 11.8. The van der Waals surface area contributed by atoms with E-state index >= 15 is 0 Å². The van der Waals surface area contributed by atoms with Crippen molar-refractivity contribution in [2.45, 2.75) is 39.2 Å². The average molecular weight is 276 g/mol. The number of hydrogen-bond donors (Lipinski definition) is 2. The highest BCUT2D eigenvalue weighted by Gasteiger charge is 2.24. The standard InChI is InChI=1S/C16H24N2O2/c1-11-7-12(2)9-15(8-11)20-10-16(19)18-14-5-3-13(17)4-6-14/h3-6,11-12,15H,7-10,17H2,1-2H3,(H,18,19). The molecule has 1 saturated carbocycles. The van der Waals surface area contributed by atoms with Gasteiger partial charge in [-0.3, -0.25) is 4.79 Å². The van der Waals surface area contributed by atoms with E-state index in [2.05, 4.69) is 19.2 Å². The van der Waals surface area contributed by atoms with Crippen LogP contribution in [0.5, 0.6) is 0 Å². The Hall–Kier alpha value is -1.55. The molecule has 2 rings (SSSR count). The molecule has 1 aromatic rings. The molecular formula is C16H24N2O2. The Morgan fingerprint density at radius 3 is 2.40 bits per heavy atom. The number of rotatable bonds is 4. The summed E-state index contributed by atoms with van der Waals surface area (Å²) in [6, 6.07) is 7.11. The minimum absolute atomic E-state index is 0.111. The molecule has 0 radical (unpaired) electrons. The molecule has 1 fully saturated rings. The van der Waals surface area contributed by atoms with E-state index in [1.807, 2.05) is 0 Å². The zero-order valence-corrected chi connectivity index (χ0v) is 12.3. The van der Waals surface area contributed by atoms with Crippen molar-refractivity contribution < 1.29 is 9.53 Å². The van der Waals surface area contributed by atoms with Gasteiger partial charge in [-0.05, 0) is 55.4 Å². The van der Waals surface area contributed by atoms with Gasteiger partial charge in [-0.1, -0.05) is 13.8 Å². The fraction of sp³-hybridized carbons (Fsp3) is 0.562. The molecule has 2 atom stereocenters. The molecule has 0 spiro atoms. The number of benzene rings is 1. The maximum atomic E-state index is 11.8. The smallest absolute Gasteiger partial charge is 0.250 e. The van der Waals surface area contributed by atoms with Crippen molar-refractivity contribution in [2.24, 2.45) is 11.8 Å². The molecule has 3 N–H and O–H groups in total. The molecule has 1 amide bonds. The molecule has 1 aliphatic rings. The summed E-state index contributed by atoms with van der Waals surface area (Å²) in [5.74, 6) is 1.26. The fourth-order valence-electron chi connectivity index (χ4n) is 2.97. The van der Waals surface area contributed by atoms with Crippen molar-refractivity contribution in [3.63, 3.8) is 0 Å². The number of carbonyl (C=O) groups excluding carboxylic acids is 1. The summed E-state index contributed by atoms with van der Waals surface area (Å²) in [5.41, 5.74) is 7.04. The number of amides is 1. The summed E-state index contributed by atoms with van der Waals surface area (Å²) in [5, 5.41) is 2.81. The summed E-state index contributed by atoms with van der Waals surface area (Å²) in [6.07, 6.45) is 3.59. The van der Waals surface area contributed by atoms with Crippen LogP contribution in [-0.4, -0.2) is 18.6 Å². The van der Waals surface area contributed by atoms with Gasteiger partial charge in [-0.15, -0.1) is 0 Å². The first kappa shape index (κ1) is 14.9. The fourth-order valence-corrected chi connectivity index (χ4v) is 2.97. The van der Waals surface area contributed by atoms with E-state index in [1.54, 1.807) is 24.3 Å². The summed E-state index contributed by atoms with van der Waals surface area (Å²) in [4.78, 5) is 11.8. The van der Waals surface area contributed by atoms with E-state index in [1.165, 1.54) is 6.42 Å². The monoisotopic (exact) mass is 276 g/mol. The van der Waals surface area contributed by atoms with E-state index in [0.717, 1.165) is 18.5 Å². The van der Waals surface area contributed by atoms with Crippen molar-refractivity contribution in [2.75, 3.05) is 17.7 Å². The molecule has 4 nitrogen and oxygen atoms in total. The minimum atomic E-state index is -0.111. The highest BCUT2D eigenvalue weighted by atomic mass is 16.5. The normalized spacial score (nSPS) is 26.2. The molecular weight excluding hydrogens is 252 g/mol. The van der Waals surface area contributed by atoms with Crippen molar-refractivity contribution in [1.29, 1.82) is 0 Å². The van der Waals surface area contributed by atoms with Crippen LogP contribution < -0.4 is 11.1 Å². The molecule has 2 unspecified atom stereocenters. The van der Waals surface area contributed by atoms with Crippen LogP contribution in [0.1, 0.15) is 33.1 Å². The van der Waals surface area contributed by atoms with Crippen LogP contribution in [0, 0.1) is 11.8 Å². The Bertz CT molecular complexity index is 434. The van der Waals surface area contributed by atoms with Crippen molar-refractivity contribution in [1.82, 2.24) is 0 Å². The van der Waals surface area contributed by atoms with E-state index < -0.39 is 0 Å². The van der Waals surface area contributed by atoms with Gasteiger partial charge in [0.2, 0.25) is 5.91 Å². The molecule has 110 valence electrons. The number of nitrogen functional groups attached to an aromatic ring is 1. The summed E-state index contributed by atoms with van der Waals surface area (Å²) in [6.45, 7) is 4.62. The molecule has 0 bridgehead atoms. The molecule has 0 saturated heterocycles. The zero-order valence-electron chi connectivity index (χ0n) is 12.3. The molecule has 0 aliphatic heterocycles. The topological polar surface area (TPSA) is 64.3 Å². The van der Waals surface area contributed by atoms with Crippen LogP contribution in [0.3, 0.4) is 0 Å². The lowest BCUT2D eigenvalue weighted by Crippen LogP contribution is -2.29. The second-order valence-corrected chi connectivity index (χ2v) is 6.02. The quantitative estimate of drug-likeness (QED) is 0.831. The van der Waals surface area contributed by atoms with Crippen LogP contribution in [0.4, 0.5) is 11.4 Å². The van der Waals surface area contributed by atoms with E-state index in [0.29, 0.717) is 17.5 Å². The number of carbonyl (C=O) groups is 1. The van der Waals surface area contributed by atoms with Crippen molar-refractivity contribution in [3.05, 3.63) is 24.3 Å². The van der Waals surface area contributed by atoms with Gasteiger partial charge in [-0.2, -0.15) is 0 Å². The van der Waals surface area contributed by atoms with Gasteiger partial charge in [0.15, 0.2) is 0 Å². The zero-order chi connectivity index (χ0) is 14.5. The van der Waals surface area contributed by atoms with Gasteiger partial charge in [0.1, 0.15) is 6.61 Å². The van der Waals surface area contributed by atoms with E-state index in [-0.39, 0.29) is 18.6 Å². The minimum Gasteiger partial charge on any atom is -0.399 e. The Kier molecular flexibility index (Phi) is 5.01. The molecule has 1 aromatic carbocycles. The third-order valence-corrected chi connectivity index (χ3v) is 3.78. The number of nitrogens with one attached hydrogen (secondary N) is 1. The number of nitrogens with two attached hydrogens (primary N) is 1. The first-order valence-corrected chi connectivity index (χ1v) is 7.30. The second-order valence-electron chi connectivity index (χ2n) is 6.02. The van der Waals surface area contributed by atoms with Crippen LogP contribution >= 0.6 is 0 Å². The molecule has 1 aliphatic carbocycles. The number of anilines is 2. The first-order chi connectivity index (χ1) is 9.52. The van der Waals surface area contributed by atoms with Crippen molar-refractivity contribution in [3.8, 4) is 0 Å². The van der Waals surface area contributed by atoms with Crippen molar-refractivity contribution >= 4 is 17.3 Å². The maximum Gasteiger partial charge on any atom is 0.250 e. The Morgan fingerprint density at radius 1 is 1.20 bits per heavy atom. The SMILES string of the molecule is CC1CC(C)CC(OCC(=O)Nc2ccc(N)cc2)C1. The second kappa shape index (κ2) is 6.75. The Morgan fingerprint density at radius 2 is 1.80 bits per heavy atom. The molecule has 20 heavy (non-hydrogen) atoms. The Labute approximate surface area is 120 Å². The van der Waals surface area contributed by atoms with Crippen LogP contribution in [0.15, 0.2) is 24.3 Å². The lowest BCUT2D eigenvalue weighted by Gasteiger charge is -2.31. The molecule has 0 aromatic heterocycles. The third kappa shape index (κ3) is 4.53. The van der Waals surface area contributed by atoms with Gasteiger partial charge < -0.3 is 15.8 Å². The number of ether oxygens (including phenoxy) is 1. The van der Waals surface area contributed by atoms with Crippen LogP contribution in [0.2, 0.25) is 0 Å². The van der Waals surface area contributed by atoms with Gasteiger partial charge in [-0.25, -0.2) is 0 Å². The highest BCUT2D eigenvalue weighted by molar-refractivity contribution is 5.91. The van der Waals surface area contributed by atoms with E-state index in [4.69, 9.17) is 10.5 Å². The first-order valence-electron chi connectivity index (χ1n) is 7.30. The lowest BCUT2D eigenvalue weighted by atomic mass is 9.82. The summed E-state index contributed by atoms with van der Waals surface area (Å²) < 4.78 is 5.74. The predicted octanol–water partition coefficient (Wildman–Crippen LogP) is 3.05. The number of hydrogen-bond acceptors (Lipinski definition) is 3. The van der Waals surface area contributed by atoms with Crippen LogP contribution in [-0.2, 0) is 9.53 Å². The molecule has 4 heteroatoms. The third-order valence-electron chi connectivity index (χ3n) is 3.78. The van der Waals surface area contributed by atoms with Crippen LogP contribution in [0.25, 0.3) is 0 Å². The largest absolute Gasteiger partial charge is 0.399 e. The van der Waals surface area contributed by atoms with Gasteiger partial charge in [0.05, 0.1) is 6.10 Å². The predicted molar refractivity (Wildman–Crippen MR) is 81.4 cm³/mol.